The van der Waals surface area contributed by atoms with Crippen molar-refractivity contribution in [3.8, 4) is 0 Å². The molecule has 1 aromatic carbocycles. The van der Waals surface area contributed by atoms with Gasteiger partial charge in [0.15, 0.2) is 0 Å². The molecule has 2 amide bonds. The Morgan fingerprint density at radius 3 is 2.67 bits per heavy atom. The van der Waals surface area contributed by atoms with Gasteiger partial charge >= 0.3 is 0 Å². The molecule has 11 heteroatoms. The van der Waals surface area contributed by atoms with Crippen LogP contribution in [0.25, 0.3) is 10.4 Å². The minimum atomic E-state index is -0.984. The number of hydrogen-bond acceptors (Lipinski definition) is 6. The number of nitrogens with zero attached hydrogens (tertiary/aromatic N) is 5. The van der Waals surface area contributed by atoms with Crippen molar-refractivity contribution in [3.05, 3.63) is 50.4 Å². The first-order valence-electron chi connectivity index (χ1n) is 6.93. The quantitative estimate of drug-likeness (QED) is 0.180. The summed E-state index contributed by atoms with van der Waals surface area (Å²) in [6.07, 6.45) is 0. The second-order valence-electron chi connectivity index (χ2n) is 5.07. The minimum Gasteiger partial charge on any atom is -0.394 e. The number of likely N-dealkylation sites (tertiary alicyclic amines) is 1. The number of nitro groups is 1. The number of carbonyl (C=O) groups excluding carboxylic acids is 2. The Labute approximate surface area is 135 Å². The van der Waals surface area contributed by atoms with E-state index in [0.29, 0.717) is 5.56 Å². The van der Waals surface area contributed by atoms with Crippen molar-refractivity contribution in [3.63, 3.8) is 0 Å². The van der Waals surface area contributed by atoms with Crippen molar-refractivity contribution in [2.75, 3.05) is 13.2 Å². The third-order valence-electron chi connectivity index (χ3n) is 3.61. The zero-order valence-corrected chi connectivity index (χ0v) is 12.4. The van der Waals surface area contributed by atoms with E-state index < -0.39 is 35.4 Å². The predicted molar refractivity (Wildman–Crippen MR) is 80.5 cm³/mol. The average molecular weight is 334 g/mol. The molecule has 1 aliphatic heterocycles. The summed E-state index contributed by atoms with van der Waals surface area (Å²) in [6, 6.07) is 3.99. The number of rotatable bonds is 7. The second-order valence-corrected chi connectivity index (χ2v) is 5.07. The number of non-ortho nitro benzene ring substituents is 1. The number of hydrogen-bond donors (Lipinski definition) is 2. The fraction of sp³-hybridized carbons (Fsp3) is 0.385. The standard InChI is InChI=1S/C13H14N6O5/c14-17-16-12-10(7-20)18(13(12)22)6-11(21)15-5-8-1-3-9(4-2-8)19(23)24/h1-4,10,12,20H,5-7H2,(H,15,21)/t10-,12+/m1/s1. The third-order valence-corrected chi connectivity index (χ3v) is 3.61. The second kappa shape index (κ2) is 7.40. The van der Waals surface area contributed by atoms with E-state index in [1.54, 1.807) is 0 Å². The Balaban J connectivity index is 1.86. The van der Waals surface area contributed by atoms with Gasteiger partial charge in [-0.05, 0) is 11.1 Å². The predicted octanol–water partition coefficient (Wildman–Crippen LogP) is 0.0930. The molecule has 1 aromatic rings. The summed E-state index contributed by atoms with van der Waals surface area (Å²) < 4.78 is 0. The van der Waals surface area contributed by atoms with Crippen molar-refractivity contribution in [2.45, 2.75) is 18.6 Å². The molecular formula is C13H14N6O5. The average Bonchev–Trinajstić information content (AvgIpc) is 2.58. The maximum Gasteiger partial charge on any atom is 0.269 e. The van der Waals surface area contributed by atoms with Gasteiger partial charge < -0.3 is 15.3 Å². The minimum absolute atomic E-state index is 0.0499. The first-order chi connectivity index (χ1) is 11.5. The van der Waals surface area contributed by atoms with Crippen LogP contribution < -0.4 is 5.32 Å². The highest BCUT2D eigenvalue weighted by atomic mass is 16.6. The molecule has 126 valence electrons. The first-order valence-corrected chi connectivity index (χ1v) is 6.93. The van der Waals surface area contributed by atoms with E-state index in [1.807, 2.05) is 0 Å². The van der Waals surface area contributed by atoms with Crippen LogP contribution in [-0.2, 0) is 16.1 Å². The molecule has 1 aliphatic rings. The number of nitrogens with one attached hydrogen (secondary N) is 1. The van der Waals surface area contributed by atoms with Gasteiger partial charge in [0.2, 0.25) is 11.8 Å². The Bertz CT molecular complexity index is 699. The molecule has 0 unspecified atom stereocenters. The van der Waals surface area contributed by atoms with E-state index in [2.05, 4.69) is 15.3 Å². The van der Waals surface area contributed by atoms with Crippen LogP contribution in [0, 0.1) is 10.1 Å². The van der Waals surface area contributed by atoms with Crippen molar-refractivity contribution in [1.29, 1.82) is 0 Å². The molecule has 0 radical (unpaired) electrons. The van der Waals surface area contributed by atoms with Gasteiger partial charge in [0.25, 0.3) is 5.69 Å². The lowest BCUT2D eigenvalue weighted by atomic mass is 9.96. The highest BCUT2D eigenvalue weighted by Crippen LogP contribution is 2.22. The summed E-state index contributed by atoms with van der Waals surface area (Å²) in [6.45, 7) is -0.540. The Hall–Kier alpha value is -3.17. The van der Waals surface area contributed by atoms with Gasteiger partial charge in [-0.2, -0.15) is 0 Å². The van der Waals surface area contributed by atoms with Crippen molar-refractivity contribution < 1.29 is 19.6 Å². The normalized spacial score (nSPS) is 19.2. The van der Waals surface area contributed by atoms with Gasteiger partial charge in [-0.3, -0.25) is 19.7 Å². The van der Waals surface area contributed by atoms with Gasteiger partial charge in [0.1, 0.15) is 6.04 Å². The van der Waals surface area contributed by atoms with Crippen LogP contribution in [0.3, 0.4) is 0 Å². The van der Waals surface area contributed by atoms with E-state index in [-0.39, 0.29) is 18.8 Å². The Kier molecular flexibility index (Phi) is 5.30. The summed E-state index contributed by atoms with van der Waals surface area (Å²) in [5.74, 6) is -0.975. The molecule has 0 aliphatic carbocycles. The summed E-state index contributed by atoms with van der Waals surface area (Å²) >= 11 is 0. The largest absolute Gasteiger partial charge is 0.394 e. The Morgan fingerprint density at radius 1 is 1.46 bits per heavy atom. The number of benzene rings is 1. The molecule has 2 rings (SSSR count). The summed E-state index contributed by atoms with van der Waals surface area (Å²) in [7, 11) is 0. The van der Waals surface area contributed by atoms with Gasteiger partial charge in [0, 0.05) is 23.6 Å². The number of azide groups is 1. The van der Waals surface area contributed by atoms with Crippen molar-refractivity contribution >= 4 is 17.5 Å². The zero-order chi connectivity index (χ0) is 17.7. The van der Waals surface area contributed by atoms with Crippen LogP contribution >= 0.6 is 0 Å². The highest BCUT2D eigenvalue weighted by molar-refractivity contribution is 5.93. The van der Waals surface area contributed by atoms with Crippen molar-refractivity contribution in [1.82, 2.24) is 10.2 Å². The van der Waals surface area contributed by atoms with Gasteiger partial charge in [0.05, 0.1) is 24.1 Å². The molecule has 0 saturated carbocycles. The number of β-lactam (4-membered cyclic amide) rings is 1. The molecule has 2 atom stereocenters. The van der Waals surface area contributed by atoms with Crippen LogP contribution in [-0.4, -0.2) is 52.0 Å². The lowest BCUT2D eigenvalue weighted by molar-refractivity contribution is -0.384. The monoisotopic (exact) mass is 334 g/mol. The highest BCUT2D eigenvalue weighted by Gasteiger charge is 2.46. The van der Waals surface area contributed by atoms with Gasteiger partial charge in [-0.1, -0.05) is 17.2 Å². The molecule has 0 spiro atoms. The summed E-state index contributed by atoms with van der Waals surface area (Å²) in [4.78, 5) is 37.3. The van der Waals surface area contributed by atoms with Crippen LogP contribution in [0.2, 0.25) is 0 Å². The number of carbonyl (C=O) groups is 2. The molecular weight excluding hydrogens is 320 g/mol. The smallest absolute Gasteiger partial charge is 0.269 e. The molecule has 1 saturated heterocycles. The SMILES string of the molecule is [N-]=[N+]=N[C@@H]1C(=O)N(CC(=O)NCc2ccc([N+](=O)[O-])cc2)[C@@H]1CO. The maximum atomic E-state index is 11.9. The fourth-order valence-corrected chi connectivity index (χ4v) is 2.31. The van der Waals surface area contributed by atoms with Crippen LogP contribution in [0.4, 0.5) is 5.69 Å². The van der Waals surface area contributed by atoms with Crippen molar-refractivity contribution in [2.24, 2.45) is 5.11 Å². The topological polar surface area (TPSA) is 162 Å². The molecule has 1 fully saturated rings. The molecule has 2 N–H and O–H groups in total. The lowest BCUT2D eigenvalue weighted by Crippen LogP contribution is -2.66. The van der Waals surface area contributed by atoms with Crippen LogP contribution in [0.5, 0.6) is 0 Å². The first kappa shape index (κ1) is 17.2. The summed E-state index contributed by atoms with van der Waals surface area (Å²) in [5, 5.41) is 25.6. The van der Waals surface area contributed by atoms with Gasteiger partial charge in [-0.15, -0.1) is 0 Å². The maximum absolute atomic E-state index is 11.9. The molecule has 0 bridgehead atoms. The molecule has 1 heterocycles. The van der Waals surface area contributed by atoms with E-state index in [9.17, 15) is 24.8 Å². The fourth-order valence-electron chi connectivity index (χ4n) is 2.31. The third kappa shape index (κ3) is 3.59. The molecule has 11 nitrogen and oxygen atoms in total. The van der Waals surface area contributed by atoms with E-state index >= 15 is 0 Å². The number of nitro benzene ring substituents is 1. The van der Waals surface area contributed by atoms with Crippen LogP contribution in [0.1, 0.15) is 5.56 Å². The van der Waals surface area contributed by atoms with E-state index in [1.165, 1.54) is 24.3 Å². The summed E-state index contributed by atoms with van der Waals surface area (Å²) in [5.41, 5.74) is 8.96. The molecule has 24 heavy (non-hydrogen) atoms. The van der Waals surface area contributed by atoms with E-state index in [4.69, 9.17) is 5.53 Å². The van der Waals surface area contributed by atoms with E-state index in [0.717, 1.165) is 4.90 Å². The number of aliphatic hydroxyl groups is 1. The number of amides is 2. The van der Waals surface area contributed by atoms with Crippen LogP contribution in [0.15, 0.2) is 29.4 Å². The molecule has 0 aromatic heterocycles. The zero-order valence-electron chi connectivity index (χ0n) is 12.4. The lowest BCUT2D eigenvalue weighted by Gasteiger charge is -2.43. The Morgan fingerprint density at radius 2 is 2.12 bits per heavy atom. The number of aliphatic hydroxyl groups excluding tert-OH is 1. The van der Waals surface area contributed by atoms with Gasteiger partial charge in [-0.25, -0.2) is 0 Å².